The third-order valence-corrected chi connectivity index (χ3v) is 3.74. The zero-order valence-electron chi connectivity index (χ0n) is 10.8. The molecule has 0 aliphatic rings. The van der Waals surface area contributed by atoms with Crippen LogP contribution < -0.4 is 10.0 Å². The highest BCUT2D eigenvalue weighted by atomic mass is 32.2. The number of carbonyl (C=O) groups is 1. The van der Waals surface area contributed by atoms with Crippen molar-refractivity contribution in [2.24, 2.45) is 0 Å². The van der Waals surface area contributed by atoms with E-state index in [1.807, 2.05) is 4.72 Å². The minimum Gasteiger partial charge on any atom is -0.352 e. The summed E-state index contributed by atoms with van der Waals surface area (Å²) in [7, 11) is -4.20. The number of sulfonamides is 1. The quantitative estimate of drug-likeness (QED) is 0.775. The number of carbonyl (C=O) groups excluding carboxylic acids is 1. The number of alkyl halides is 3. The van der Waals surface area contributed by atoms with Gasteiger partial charge in [-0.1, -0.05) is 12.1 Å². The molecule has 0 heterocycles. The monoisotopic (exact) mass is 322 g/mol. The Balaban J connectivity index is 2.84. The molecule has 5 nitrogen and oxygen atoms in total. The van der Waals surface area contributed by atoms with E-state index >= 15 is 0 Å². The smallest absolute Gasteiger partial charge is 0.352 e. The molecule has 0 saturated heterocycles. The molecule has 0 fully saturated rings. The van der Waals surface area contributed by atoms with E-state index in [2.05, 4.69) is 11.9 Å². The molecule has 1 amide bonds. The predicted octanol–water partition coefficient (Wildman–Crippen LogP) is 1.29. The van der Waals surface area contributed by atoms with E-state index in [0.717, 1.165) is 18.2 Å². The van der Waals surface area contributed by atoms with Crippen LogP contribution in [0.5, 0.6) is 0 Å². The number of halogens is 3. The molecule has 0 saturated carbocycles. The molecule has 0 radical (unpaired) electrons. The van der Waals surface area contributed by atoms with E-state index in [4.69, 9.17) is 0 Å². The molecule has 0 aliphatic heterocycles. The van der Waals surface area contributed by atoms with Crippen molar-refractivity contribution < 1.29 is 26.4 Å². The second-order valence-electron chi connectivity index (χ2n) is 3.94. The first-order valence-corrected chi connectivity index (χ1v) is 7.19. The molecule has 21 heavy (non-hydrogen) atoms. The molecule has 1 rings (SSSR count). The highest BCUT2D eigenvalue weighted by Gasteiger charge is 2.31. The molecule has 1 aromatic carbocycles. The zero-order valence-corrected chi connectivity index (χ0v) is 11.6. The summed E-state index contributed by atoms with van der Waals surface area (Å²) in [5.41, 5.74) is -1.08. The van der Waals surface area contributed by atoms with Crippen molar-refractivity contribution in [2.45, 2.75) is 11.1 Å². The largest absolute Gasteiger partial charge is 0.416 e. The van der Waals surface area contributed by atoms with E-state index in [-0.39, 0.29) is 6.54 Å². The summed E-state index contributed by atoms with van der Waals surface area (Å²) in [6, 6.07) is 3.26. The number of nitrogens with one attached hydrogen (secondary N) is 2. The van der Waals surface area contributed by atoms with Crippen molar-refractivity contribution in [3.05, 3.63) is 42.5 Å². The van der Waals surface area contributed by atoms with Crippen molar-refractivity contribution in [3.8, 4) is 0 Å². The molecule has 0 spiro atoms. The van der Waals surface area contributed by atoms with E-state index in [1.54, 1.807) is 0 Å². The lowest BCUT2D eigenvalue weighted by Gasteiger charge is -2.10. The van der Waals surface area contributed by atoms with Gasteiger partial charge in [0.1, 0.15) is 0 Å². The first-order valence-electron chi connectivity index (χ1n) is 5.71. The molecule has 1 aromatic rings. The number of rotatable bonds is 6. The minimum atomic E-state index is -4.65. The van der Waals surface area contributed by atoms with Gasteiger partial charge in [0, 0.05) is 6.54 Å². The Hall–Kier alpha value is -1.87. The molecular weight excluding hydrogens is 309 g/mol. The Morgan fingerprint density at radius 2 is 2.00 bits per heavy atom. The highest BCUT2D eigenvalue weighted by Crippen LogP contribution is 2.30. The lowest BCUT2D eigenvalue weighted by Crippen LogP contribution is -2.36. The standard InChI is InChI=1S/C12H13F3N2O3S/c1-2-6-16-11(18)8-17-21(19,20)10-5-3-4-9(7-10)12(13,14)15/h2-5,7,17H,1,6,8H2,(H,16,18). The van der Waals surface area contributed by atoms with Gasteiger partial charge in [0.25, 0.3) is 0 Å². The van der Waals surface area contributed by atoms with E-state index < -0.39 is 39.1 Å². The molecule has 0 aromatic heterocycles. The van der Waals surface area contributed by atoms with Crippen LogP contribution in [0.4, 0.5) is 13.2 Å². The summed E-state index contributed by atoms with van der Waals surface area (Å²) in [6.45, 7) is 2.94. The van der Waals surface area contributed by atoms with Gasteiger partial charge in [-0.3, -0.25) is 4.79 Å². The molecule has 0 bridgehead atoms. The van der Waals surface area contributed by atoms with Crippen LogP contribution in [0.2, 0.25) is 0 Å². The fraction of sp³-hybridized carbons (Fsp3) is 0.250. The summed E-state index contributed by atoms with van der Waals surface area (Å²) in [4.78, 5) is 10.7. The molecule has 0 unspecified atom stereocenters. The molecular formula is C12H13F3N2O3S. The number of hydrogen-bond acceptors (Lipinski definition) is 3. The fourth-order valence-corrected chi connectivity index (χ4v) is 2.36. The van der Waals surface area contributed by atoms with Crippen LogP contribution in [0.15, 0.2) is 41.8 Å². The van der Waals surface area contributed by atoms with Crippen molar-refractivity contribution in [2.75, 3.05) is 13.1 Å². The maximum absolute atomic E-state index is 12.5. The van der Waals surface area contributed by atoms with Gasteiger partial charge in [0.05, 0.1) is 17.0 Å². The maximum Gasteiger partial charge on any atom is 0.416 e. The van der Waals surface area contributed by atoms with Gasteiger partial charge in [-0.2, -0.15) is 13.2 Å². The number of benzene rings is 1. The van der Waals surface area contributed by atoms with Gasteiger partial charge in [0.15, 0.2) is 0 Å². The molecule has 116 valence electrons. The van der Waals surface area contributed by atoms with Crippen LogP contribution in [0.3, 0.4) is 0 Å². The van der Waals surface area contributed by atoms with Crippen LogP contribution >= 0.6 is 0 Å². The van der Waals surface area contributed by atoms with E-state index in [0.29, 0.717) is 6.07 Å². The third kappa shape index (κ3) is 5.20. The Morgan fingerprint density at radius 1 is 1.33 bits per heavy atom. The average Bonchev–Trinajstić information content (AvgIpc) is 2.42. The van der Waals surface area contributed by atoms with E-state index in [9.17, 15) is 26.4 Å². The SMILES string of the molecule is C=CCNC(=O)CNS(=O)(=O)c1cccc(C(F)(F)F)c1. The minimum absolute atomic E-state index is 0.157. The summed E-state index contributed by atoms with van der Waals surface area (Å²) < 4.78 is 63.1. The van der Waals surface area contributed by atoms with Gasteiger partial charge >= 0.3 is 6.18 Å². The normalized spacial score (nSPS) is 12.0. The first-order chi connectivity index (χ1) is 9.66. The van der Waals surface area contributed by atoms with Crippen molar-refractivity contribution in [3.63, 3.8) is 0 Å². The fourth-order valence-electron chi connectivity index (χ4n) is 1.33. The lowest BCUT2D eigenvalue weighted by molar-refractivity contribution is -0.137. The van der Waals surface area contributed by atoms with E-state index in [1.165, 1.54) is 6.08 Å². The van der Waals surface area contributed by atoms with Crippen molar-refractivity contribution >= 4 is 15.9 Å². The van der Waals surface area contributed by atoms with Crippen LogP contribution in [0.1, 0.15) is 5.56 Å². The zero-order chi connectivity index (χ0) is 16.1. The molecule has 0 aliphatic carbocycles. The van der Waals surface area contributed by atoms with Crippen molar-refractivity contribution in [1.29, 1.82) is 0 Å². The summed E-state index contributed by atoms with van der Waals surface area (Å²) in [5, 5.41) is 2.33. The highest BCUT2D eigenvalue weighted by molar-refractivity contribution is 7.89. The van der Waals surface area contributed by atoms with Gasteiger partial charge < -0.3 is 5.32 Å². The molecule has 0 atom stereocenters. The van der Waals surface area contributed by atoms with Crippen LogP contribution in [0.25, 0.3) is 0 Å². The van der Waals surface area contributed by atoms with Gasteiger partial charge in [-0.05, 0) is 18.2 Å². The maximum atomic E-state index is 12.5. The van der Waals surface area contributed by atoms with Gasteiger partial charge in [-0.25, -0.2) is 13.1 Å². The topological polar surface area (TPSA) is 75.3 Å². The summed E-state index contributed by atoms with van der Waals surface area (Å²) >= 11 is 0. The summed E-state index contributed by atoms with van der Waals surface area (Å²) in [6.07, 6.45) is -3.24. The Bertz CT molecular complexity index is 627. The van der Waals surface area contributed by atoms with Crippen LogP contribution in [0, 0.1) is 0 Å². The molecule has 9 heteroatoms. The predicted molar refractivity (Wildman–Crippen MR) is 69.8 cm³/mol. The average molecular weight is 322 g/mol. The van der Waals surface area contributed by atoms with Gasteiger partial charge in [0.2, 0.25) is 15.9 Å². The lowest BCUT2D eigenvalue weighted by atomic mass is 10.2. The number of amides is 1. The Labute approximate surface area is 119 Å². The summed E-state index contributed by atoms with van der Waals surface area (Å²) in [5.74, 6) is -0.620. The second kappa shape index (κ2) is 6.72. The Morgan fingerprint density at radius 3 is 2.57 bits per heavy atom. The molecule has 2 N–H and O–H groups in total. The number of hydrogen-bond donors (Lipinski definition) is 2. The second-order valence-corrected chi connectivity index (χ2v) is 5.71. The Kier molecular flexibility index (Phi) is 5.50. The van der Waals surface area contributed by atoms with Crippen LogP contribution in [-0.4, -0.2) is 27.4 Å². The first kappa shape index (κ1) is 17.2. The van der Waals surface area contributed by atoms with Gasteiger partial charge in [-0.15, -0.1) is 6.58 Å². The third-order valence-electron chi connectivity index (χ3n) is 2.34. The van der Waals surface area contributed by atoms with Crippen LogP contribution in [-0.2, 0) is 21.0 Å². The van der Waals surface area contributed by atoms with Crippen molar-refractivity contribution in [1.82, 2.24) is 10.0 Å².